The van der Waals surface area contributed by atoms with Crippen LogP contribution >= 0.6 is 0 Å². The summed E-state index contributed by atoms with van der Waals surface area (Å²) in [5.41, 5.74) is 2.74. The molecule has 1 unspecified atom stereocenters. The minimum atomic E-state index is -0.669. The van der Waals surface area contributed by atoms with E-state index in [9.17, 15) is 14.3 Å². The Bertz CT molecular complexity index is 853. The Morgan fingerprint density at radius 2 is 1.90 bits per heavy atom. The number of anilines is 1. The van der Waals surface area contributed by atoms with E-state index >= 15 is 0 Å². The number of benzene rings is 2. The predicted octanol–water partition coefficient (Wildman–Crippen LogP) is 2.87. The molecule has 4 N–H and O–H groups in total. The van der Waals surface area contributed by atoms with Crippen LogP contribution < -0.4 is 11.0 Å². The summed E-state index contributed by atoms with van der Waals surface area (Å²) in [6.45, 7) is 1.93. The standard InChI is InChI=1S/C15H14FN3O2/c1-8(17-10-3-5-14(20)11(16)7-10)9-2-4-12-13(6-9)19-15(21)18-12/h2-8,17,20H,1H3,(H2,18,19,21). The summed E-state index contributed by atoms with van der Waals surface area (Å²) in [4.78, 5) is 16.6. The highest BCUT2D eigenvalue weighted by atomic mass is 19.1. The summed E-state index contributed by atoms with van der Waals surface area (Å²) in [5.74, 6) is -1.04. The number of fused-ring (bicyclic) bond motifs is 1. The van der Waals surface area contributed by atoms with Crippen LogP contribution in [0.2, 0.25) is 0 Å². The lowest BCUT2D eigenvalue weighted by atomic mass is 10.1. The molecule has 21 heavy (non-hydrogen) atoms. The molecule has 108 valence electrons. The smallest absolute Gasteiger partial charge is 0.323 e. The number of hydrogen-bond donors (Lipinski definition) is 4. The van der Waals surface area contributed by atoms with E-state index in [1.165, 1.54) is 12.1 Å². The number of phenols is 1. The van der Waals surface area contributed by atoms with Crippen molar-refractivity contribution in [3.63, 3.8) is 0 Å². The Labute approximate surface area is 119 Å². The molecule has 0 spiro atoms. The van der Waals surface area contributed by atoms with Gasteiger partial charge in [0.25, 0.3) is 0 Å². The molecular weight excluding hydrogens is 273 g/mol. The lowest BCUT2D eigenvalue weighted by Crippen LogP contribution is -2.06. The van der Waals surface area contributed by atoms with Gasteiger partial charge in [0.1, 0.15) is 0 Å². The molecule has 1 aromatic heterocycles. The van der Waals surface area contributed by atoms with Crippen LogP contribution in [0.25, 0.3) is 11.0 Å². The van der Waals surface area contributed by atoms with Crippen molar-refractivity contribution in [2.75, 3.05) is 5.32 Å². The maximum Gasteiger partial charge on any atom is 0.323 e. The van der Waals surface area contributed by atoms with Crippen molar-refractivity contribution in [1.82, 2.24) is 9.97 Å². The number of aromatic amines is 2. The third kappa shape index (κ3) is 2.60. The van der Waals surface area contributed by atoms with Gasteiger partial charge in [0.05, 0.1) is 11.0 Å². The molecule has 0 amide bonds. The van der Waals surface area contributed by atoms with Crippen LogP contribution in [0.5, 0.6) is 5.75 Å². The SMILES string of the molecule is CC(Nc1ccc(O)c(F)c1)c1ccc2[nH]c(=O)[nH]c2c1. The Morgan fingerprint density at radius 3 is 2.67 bits per heavy atom. The van der Waals surface area contributed by atoms with E-state index in [1.807, 2.05) is 25.1 Å². The molecule has 0 radical (unpaired) electrons. The summed E-state index contributed by atoms with van der Waals surface area (Å²) >= 11 is 0. The van der Waals surface area contributed by atoms with E-state index in [-0.39, 0.29) is 17.5 Å². The van der Waals surface area contributed by atoms with Crippen LogP contribution in [0.3, 0.4) is 0 Å². The number of halogens is 1. The van der Waals surface area contributed by atoms with Gasteiger partial charge in [-0.2, -0.15) is 0 Å². The van der Waals surface area contributed by atoms with Crippen molar-refractivity contribution in [2.45, 2.75) is 13.0 Å². The topological polar surface area (TPSA) is 80.9 Å². The number of hydrogen-bond acceptors (Lipinski definition) is 3. The molecule has 0 saturated heterocycles. The Morgan fingerprint density at radius 1 is 1.14 bits per heavy atom. The number of nitrogens with one attached hydrogen (secondary N) is 3. The second kappa shape index (κ2) is 4.97. The summed E-state index contributed by atoms with van der Waals surface area (Å²) in [6, 6.07) is 9.63. The number of aromatic nitrogens is 2. The van der Waals surface area contributed by atoms with Gasteiger partial charge in [0.2, 0.25) is 0 Å². The van der Waals surface area contributed by atoms with Gasteiger partial charge in [0, 0.05) is 17.8 Å². The van der Waals surface area contributed by atoms with E-state index in [2.05, 4.69) is 15.3 Å². The Balaban J connectivity index is 1.87. The first-order chi connectivity index (χ1) is 10.0. The minimum absolute atomic E-state index is 0.0863. The maximum atomic E-state index is 13.3. The van der Waals surface area contributed by atoms with Gasteiger partial charge in [-0.1, -0.05) is 6.07 Å². The molecule has 0 saturated carbocycles. The fraction of sp³-hybridized carbons (Fsp3) is 0.133. The highest BCUT2D eigenvalue weighted by molar-refractivity contribution is 5.75. The van der Waals surface area contributed by atoms with E-state index < -0.39 is 5.82 Å². The molecule has 0 bridgehead atoms. The molecule has 5 nitrogen and oxygen atoms in total. The third-order valence-corrected chi connectivity index (χ3v) is 3.37. The normalized spacial score (nSPS) is 12.5. The lowest BCUT2D eigenvalue weighted by Gasteiger charge is -2.16. The van der Waals surface area contributed by atoms with Crippen LogP contribution in [0.1, 0.15) is 18.5 Å². The number of phenolic OH excluding ortho intramolecular Hbond substituents is 1. The molecule has 0 aliphatic rings. The number of aromatic hydroxyl groups is 1. The first kappa shape index (κ1) is 13.2. The lowest BCUT2D eigenvalue weighted by molar-refractivity contribution is 0.432. The molecule has 0 aliphatic heterocycles. The third-order valence-electron chi connectivity index (χ3n) is 3.37. The van der Waals surface area contributed by atoms with Gasteiger partial charge in [-0.25, -0.2) is 9.18 Å². The molecule has 1 heterocycles. The monoisotopic (exact) mass is 287 g/mol. The summed E-state index contributed by atoms with van der Waals surface area (Å²) in [5, 5.41) is 12.3. The largest absolute Gasteiger partial charge is 0.505 e. The van der Waals surface area contributed by atoms with Gasteiger partial charge in [0.15, 0.2) is 11.6 Å². The minimum Gasteiger partial charge on any atom is -0.505 e. The number of H-pyrrole nitrogens is 2. The first-order valence-corrected chi connectivity index (χ1v) is 6.50. The number of rotatable bonds is 3. The quantitative estimate of drug-likeness (QED) is 0.559. The van der Waals surface area contributed by atoms with Crippen molar-refractivity contribution in [3.8, 4) is 5.75 Å². The molecular formula is C15H14FN3O2. The Kier molecular flexibility index (Phi) is 3.13. The highest BCUT2D eigenvalue weighted by Crippen LogP contribution is 2.24. The molecule has 6 heteroatoms. The van der Waals surface area contributed by atoms with Crippen molar-refractivity contribution in [2.24, 2.45) is 0 Å². The van der Waals surface area contributed by atoms with Gasteiger partial charge >= 0.3 is 5.69 Å². The molecule has 3 aromatic rings. The fourth-order valence-corrected chi connectivity index (χ4v) is 2.25. The van der Waals surface area contributed by atoms with E-state index in [1.54, 1.807) is 6.07 Å². The summed E-state index contributed by atoms with van der Waals surface area (Å²) < 4.78 is 13.3. The van der Waals surface area contributed by atoms with E-state index in [4.69, 9.17) is 0 Å². The highest BCUT2D eigenvalue weighted by Gasteiger charge is 2.09. The van der Waals surface area contributed by atoms with Gasteiger partial charge in [-0.3, -0.25) is 0 Å². The second-order valence-electron chi connectivity index (χ2n) is 4.92. The predicted molar refractivity (Wildman–Crippen MR) is 79.0 cm³/mol. The van der Waals surface area contributed by atoms with Gasteiger partial charge in [-0.15, -0.1) is 0 Å². The average Bonchev–Trinajstić information content (AvgIpc) is 2.82. The molecule has 3 rings (SSSR count). The van der Waals surface area contributed by atoms with E-state index in [0.29, 0.717) is 5.69 Å². The zero-order valence-corrected chi connectivity index (χ0v) is 11.3. The van der Waals surface area contributed by atoms with Crippen molar-refractivity contribution in [3.05, 3.63) is 58.3 Å². The van der Waals surface area contributed by atoms with Crippen molar-refractivity contribution < 1.29 is 9.50 Å². The average molecular weight is 287 g/mol. The van der Waals surface area contributed by atoms with Gasteiger partial charge < -0.3 is 20.4 Å². The molecule has 1 atom stereocenters. The Hall–Kier alpha value is -2.76. The molecule has 0 aliphatic carbocycles. The van der Waals surface area contributed by atoms with Crippen molar-refractivity contribution >= 4 is 16.7 Å². The van der Waals surface area contributed by atoms with Crippen LogP contribution in [0.4, 0.5) is 10.1 Å². The number of imidazole rings is 1. The first-order valence-electron chi connectivity index (χ1n) is 6.50. The molecule has 0 fully saturated rings. The zero-order chi connectivity index (χ0) is 15.0. The maximum absolute atomic E-state index is 13.3. The van der Waals surface area contributed by atoms with Crippen LogP contribution in [0.15, 0.2) is 41.2 Å². The van der Waals surface area contributed by atoms with E-state index in [0.717, 1.165) is 16.6 Å². The van der Waals surface area contributed by atoms with Crippen molar-refractivity contribution in [1.29, 1.82) is 0 Å². The van der Waals surface area contributed by atoms with Crippen LogP contribution in [0, 0.1) is 5.82 Å². The van der Waals surface area contributed by atoms with Gasteiger partial charge in [-0.05, 0) is 36.8 Å². The van der Waals surface area contributed by atoms with Crippen LogP contribution in [-0.2, 0) is 0 Å². The zero-order valence-electron chi connectivity index (χ0n) is 11.3. The molecule has 2 aromatic carbocycles. The summed E-state index contributed by atoms with van der Waals surface area (Å²) in [6.07, 6.45) is 0. The summed E-state index contributed by atoms with van der Waals surface area (Å²) in [7, 11) is 0. The van der Waals surface area contributed by atoms with Crippen LogP contribution in [-0.4, -0.2) is 15.1 Å². The fourth-order valence-electron chi connectivity index (χ4n) is 2.25. The second-order valence-corrected chi connectivity index (χ2v) is 4.92.